The molecule has 22 heavy (non-hydrogen) atoms. The van der Waals surface area contributed by atoms with Gasteiger partial charge in [0.2, 0.25) is 5.91 Å². The number of nitrogens with zero attached hydrogens (tertiary/aromatic N) is 4. The number of fused-ring (bicyclic) bond motifs is 1. The van der Waals surface area contributed by atoms with E-state index in [4.69, 9.17) is 0 Å². The zero-order chi connectivity index (χ0) is 16.1. The molecule has 1 heterocycles. The van der Waals surface area contributed by atoms with Gasteiger partial charge in [-0.2, -0.15) is 0 Å². The SMILES string of the molecule is CN(C)C(=NCCCC(=O)N1CCc2ccccc21)N(C)C. The summed E-state index contributed by atoms with van der Waals surface area (Å²) in [6, 6.07) is 8.17. The molecule has 0 bridgehead atoms. The Balaban J connectivity index is 1.86. The van der Waals surface area contributed by atoms with Crippen LogP contribution in [-0.2, 0) is 11.2 Å². The molecule has 0 N–H and O–H groups in total. The van der Waals surface area contributed by atoms with Crippen LogP contribution in [0.4, 0.5) is 5.69 Å². The average molecular weight is 302 g/mol. The highest BCUT2D eigenvalue weighted by molar-refractivity contribution is 5.95. The third-order valence-corrected chi connectivity index (χ3v) is 3.79. The van der Waals surface area contributed by atoms with Gasteiger partial charge in [-0.15, -0.1) is 0 Å². The first-order chi connectivity index (χ1) is 10.5. The van der Waals surface area contributed by atoms with Crippen molar-refractivity contribution in [3.63, 3.8) is 0 Å². The van der Waals surface area contributed by atoms with E-state index in [2.05, 4.69) is 11.1 Å². The van der Waals surface area contributed by atoms with E-state index >= 15 is 0 Å². The van der Waals surface area contributed by atoms with Crippen molar-refractivity contribution in [3.8, 4) is 0 Å². The maximum atomic E-state index is 12.4. The first-order valence-electron chi connectivity index (χ1n) is 7.78. The number of anilines is 1. The summed E-state index contributed by atoms with van der Waals surface area (Å²) in [5.74, 6) is 1.13. The lowest BCUT2D eigenvalue weighted by Crippen LogP contribution is -2.35. The summed E-state index contributed by atoms with van der Waals surface area (Å²) in [6.45, 7) is 1.48. The van der Waals surface area contributed by atoms with Gasteiger partial charge in [-0.1, -0.05) is 18.2 Å². The van der Waals surface area contributed by atoms with Crippen LogP contribution in [0.25, 0.3) is 0 Å². The first kappa shape index (κ1) is 16.3. The van der Waals surface area contributed by atoms with Gasteiger partial charge in [0.1, 0.15) is 0 Å². The summed E-state index contributed by atoms with van der Waals surface area (Å²) >= 11 is 0. The minimum Gasteiger partial charge on any atom is -0.349 e. The predicted molar refractivity (Wildman–Crippen MR) is 91.4 cm³/mol. The van der Waals surface area contributed by atoms with Crippen molar-refractivity contribution in [2.75, 3.05) is 46.2 Å². The van der Waals surface area contributed by atoms with Crippen molar-refractivity contribution in [1.29, 1.82) is 0 Å². The molecule has 0 fully saturated rings. The maximum absolute atomic E-state index is 12.4. The molecular formula is C17H26N4O. The standard InChI is InChI=1S/C17H26N4O/c1-19(2)17(20(3)4)18-12-7-10-16(22)21-13-11-14-8-5-6-9-15(14)21/h5-6,8-9H,7,10-13H2,1-4H3. The lowest BCUT2D eigenvalue weighted by molar-refractivity contribution is -0.118. The molecule has 5 heteroatoms. The second-order valence-corrected chi connectivity index (χ2v) is 6.00. The molecule has 1 aliphatic heterocycles. The third kappa shape index (κ3) is 3.78. The molecule has 0 unspecified atom stereocenters. The fourth-order valence-electron chi connectivity index (χ4n) is 2.82. The molecule has 2 rings (SSSR count). The van der Waals surface area contributed by atoms with Gasteiger partial charge in [0.05, 0.1) is 0 Å². The van der Waals surface area contributed by atoms with Crippen molar-refractivity contribution < 1.29 is 4.79 Å². The van der Waals surface area contributed by atoms with Crippen LogP contribution in [0.2, 0.25) is 0 Å². The molecule has 0 saturated carbocycles. The minimum absolute atomic E-state index is 0.205. The van der Waals surface area contributed by atoms with Crippen LogP contribution >= 0.6 is 0 Å². The average Bonchev–Trinajstić information content (AvgIpc) is 2.90. The Bertz CT molecular complexity index is 541. The van der Waals surface area contributed by atoms with Gasteiger partial charge < -0.3 is 14.7 Å². The van der Waals surface area contributed by atoms with Crippen molar-refractivity contribution in [2.45, 2.75) is 19.3 Å². The maximum Gasteiger partial charge on any atom is 0.227 e. The van der Waals surface area contributed by atoms with Gasteiger partial charge in [-0.25, -0.2) is 0 Å². The second-order valence-electron chi connectivity index (χ2n) is 6.00. The summed E-state index contributed by atoms with van der Waals surface area (Å²) in [7, 11) is 7.91. The summed E-state index contributed by atoms with van der Waals surface area (Å²) in [5, 5.41) is 0. The number of carbonyl (C=O) groups excluding carboxylic acids is 1. The Labute approximate surface area is 133 Å². The number of hydrogen-bond donors (Lipinski definition) is 0. The summed E-state index contributed by atoms with van der Waals surface area (Å²) in [4.78, 5) is 22.8. The van der Waals surface area contributed by atoms with Gasteiger partial charge in [0.25, 0.3) is 0 Å². The molecule has 120 valence electrons. The van der Waals surface area contributed by atoms with E-state index < -0.39 is 0 Å². The third-order valence-electron chi connectivity index (χ3n) is 3.79. The fourth-order valence-corrected chi connectivity index (χ4v) is 2.82. The summed E-state index contributed by atoms with van der Waals surface area (Å²) in [5.41, 5.74) is 2.36. The molecule has 0 saturated heterocycles. The quantitative estimate of drug-likeness (QED) is 0.484. The van der Waals surface area contributed by atoms with Crippen LogP contribution in [0.3, 0.4) is 0 Å². The van der Waals surface area contributed by atoms with Crippen LogP contribution < -0.4 is 4.90 Å². The number of guanidine groups is 1. The van der Waals surface area contributed by atoms with E-state index in [1.807, 2.05) is 61.1 Å². The highest BCUT2D eigenvalue weighted by atomic mass is 16.2. The van der Waals surface area contributed by atoms with Gasteiger partial charge in [-0.3, -0.25) is 9.79 Å². The van der Waals surface area contributed by atoms with Gasteiger partial charge >= 0.3 is 0 Å². The zero-order valence-corrected chi connectivity index (χ0v) is 14.0. The van der Waals surface area contributed by atoms with E-state index in [0.717, 1.165) is 31.0 Å². The second kappa shape index (κ2) is 7.29. The number of hydrogen-bond acceptors (Lipinski definition) is 2. The molecule has 1 aliphatic rings. The normalized spacial score (nSPS) is 12.8. The van der Waals surface area contributed by atoms with Crippen LogP contribution in [0.5, 0.6) is 0 Å². The molecule has 0 aliphatic carbocycles. The minimum atomic E-state index is 0.205. The summed E-state index contributed by atoms with van der Waals surface area (Å²) in [6.07, 6.45) is 2.29. The zero-order valence-electron chi connectivity index (χ0n) is 14.0. The van der Waals surface area contributed by atoms with Crippen LogP contribution in [0.1, 0.15) is 18.4 Å². The van der Waals surface area contributed by atoms with Crippen LogP contribution in [0.15, 0.2) is 29.3 Å². The number of amides is 1. The van der Waals surface area contributed by atoms with Crippen molar-refractivity contribution >= 4 is 17.6 Å². The van der Waals surface area contributed by atoms with Crippen molar-refractivity contribution in [3.05, 3.63) is 29.8 Å². The molecular weight excluding hydrogens is 276 g/mol. The van der Waals surface area contributed by atoms with Gasteiger partial charge in [0.15, 0.2) is 5.96 Å². The lowest BCUT2D eigenvalue weighted by atomic mass is 10.2. The molecule has 1 amide bonds. The lowest BCUT2D eigenvalue weighted by Gasteiger charge is -2.22. The predicted octanol–water partition coefficient (Wildman–Crippen LogP) is 1.84. The monoisotopic (exact) mass is 302 g/mol. The highest BCUT2D eigenvalue weighted by Gasteiger charge is 2.23. The number of benzene rings is 1. The van der Waals surface area contributed by atoms with E-state index in [1.54, 1.807) is 0 Å². The molecule has 1 aromatic rings. The van der Waals surface area contributed by atoms with E-state index in [9.17, 15) is 4.79 Å². The topological polar surface area (TPSA) is 39.2 Å². The Morgan fingerprint density at radius 3 is 2.55 bits per heavy atom. The first-order valence-corrected chi connectivity index (χ1v) is 7.78. The Kier molecular flexibility index (Phi) is 5.41. The summed E-state index contributed by atoms with van der Waals surface area (Å²) < 4.78 is 0. The largest absolute Gasteiger partial charge is 0.349 e. The van der Waals surface area contributed by atoms with Crippen LogP contribution in [0, 0.1) is 0 Å². The molecule has 0 spiro atoms. The molecule has 0 radical (unpaired) electrons. The fraction of sp³-hybridized carbons (Fsp3) is 0.529. The molecule has 5 nitrogen and oxygen atoms in total. The van der Waals surface area contributed by atoms with Crippen LogP contribution in [-0.4, -0.2) is 62.9 Å². The van der Waals surface area contributed by atoms with E-state index in [-0.39, 0.29) is 5.91 Å². The number of carbonyl (C=O) groups is 1. The Hall–Kier alpha value is -2.04. The Morgan fingerprint density at radius 1 is 1.18 bits per heavy atom. The molecule has 1 aromatic carbocycles. The van der Waals surface area contributed by atoms with E-state index in [0.29, 0.717) is 13.0 Å². The van der Waals surface area contributed by atoms with Crippen molar-refractivity contribution in [1.82, 2.24) is 9.80 Å². The van der Waals surface area contributed by atoms with Gasteiger partial charge in [-0.05, 0) is 24.5 Å². The van der Waals surface area contributed by atoms with E-state index in [1.165, 1.54) is 5.56 Å². The van der Waals surface area contributed by atoms with Gasteiger partial charge in [0, 0.05) is 53.4 Å². The van der Waals surface area contributed by atoms with Crippen molar-refractivity contribution in [2.24, 2.45) is 4.99 Å². The Morgan fingerprint density at radius 2 is 1.86 bits per heavy atom. The number of rotatable bonds is 4. The molecule has 0 atom stereocenters. The highest BCUT2D eigenvalue weighted by Crippen LogP contribution is 2.27. The smallest absolute Gasteiger partial charge is 0.227 e. The number of aliphatic imine (C=N–C) groups is 1. The molecule has 0 aromatic heterocycles. The number of para-hydroxylation sites is 1.